The summed E-state index contributed by atoms with van der Waals surface area (Å²) in [4.78, 5) is 35.7. The van der Waals surface area contributed by atoms with Crippen molar-refractivity contribution in [3.63, 3.8) is 0 Å². The van der Waals surface area contributed by atoms with Gasteiger partial charge in [-0.2, -0.15) is 0 Å². The summed E-state index contributed by atoms with van der Waals surface area (Å²) < 4.78 is 1.79. The van der Waals surface area contributed by atoms with Gasteiger partial charge in [0.05, 0.1) is 10.9 Å². The number of carbonyl (C=O) groups is 3. The van der Waals surface area contributed by atoms with E-state index < -0.39 is 5.97 Å². The van der Waals surface area contributed by atoms with Crippen molar-refractivity contribution in [3.8, 4) is 5.69 Å². The molecule has 0 aliphatic carbocycles. The van der Waals surface area contributed by atoms with Gasteiger partial charge in [-0.05, 0) is 47.7 Å². The van der Waals surface area contributed by atoms with Gasteiger partial charge in [0.1, 0.15) is 0 Å². The normalized spacial score (nSPS) is 16.4. The van der Waals surface area contributed by atoms with Crippen LogP contribution in [0.15, 0.2) is 47.5 Å². The topological polar surface area (TPSA) is 82.4 Å². The average Bonchev–Trinajstić information content (AvgIpc) is 3.09. The highest BCUT2D eigenvalue weighted by atomic mass is 32.2. The molecular weight excluding hydrogens is 316 g/mol. The first kappa shape index (κ1) is 15.1. The molecule has 0 spiro atoms. The SMILES string of the molecule is CN1C(=O)S/C(=C\c2cccn2-c2ccc(C(=O)[O-])cc2)C1=O. The number of carboxylic acid groups (broad SMARTS) is 1. The van der Waals surface area contributed by atoms with Crippen LogP contribution in [0.1, 0.15) is 16.1 Å². The Kier molecular flexibility index (Phi) is 3.79. The molecule has 6 nitrogen and oxygen atoms in total. The Balaban J connectivity index is 1.96. The van der Waals surface area contributed by atoms with E-state index >= 15 is 0 Å². The number of thioether (sulfide) groups is 1. The van der Waals surface area contributed by atoms with Crippen LogP contribution in [0.25, 0.3) is 11.8 Å². The van der Waals surface area contributed by atoms with Crippen molar-refractivity contribution in [3.05, 3.63) is 58.8 Å². The summed E-state index contributed by atoms with van der Waals surface area (Å²) in [6, 6.07) is 9.80. The molecule has 2 aromatic rings. The second-order valence-corrected chi connectivity index (χ2v) is 5.87. The molecule has 1 aromatic heterocycles. The second-order valence-electron chi connectivity index (χ2n) is 4.88. The Bertz CT molecular complexity index is 836. The minimum atomic E-state index is -1.24. The maximum Gasteiger partial charge on any atom is 0.293 e. The van der Waals surface area contributed by atoms with Crippen molar-refractivity contribution < 1.29 is 19.5 Å². The standard InChI is InChI=1S/C16H12N2O4S/c1-17-14(19)13(23-16(17)22)9-12-3-2-8-18(12)11-6-4-10(5-7-11)15(20)21/h2-9H,1H3,(H,20,21)/p-1/b13-9-. The van der Waals surface area contributed by atoms with E-state index in [0.29, 0.717) is 10.6 Å². The van der Waals surface area contributed by atoms with Crippen LogP contribution in [0.2, 0.25) is 0 Å². The molecule has 0 N–H and O–H groups in total. The second kappa shape index (κ2) is 5.77. The number of aromatic nitrogens is 1. The molecule has 1 aliphatic rings. The third-order valence-electron chi connectivity index (χ3n) is 3.43. The maximum atomic E-state index is 11.9. The van der Waals surface area contributed by atoms with Crippen LogP contribution in [0.4, 0.5) is 4.79 Å². The number of carboxylic acids is 1. The molecule has 7 heteroatoms. The van der Waals surface area contributed by atoms with E-state index in [4.69, 9.17) is 0 Å². The van der Waals surface area contributed by atoms with Crippen LogP contribution in [-0.4, -0.2) is 33.6 Å². The van der Waals surface area contributed by atoms with E-state index in [-0.39, 0.29) is 16.7 Å². The number of aromatic carboxylic acids is 1. The van der Waals surface area contributed by atoms with Gasteiger partial charge in [-0.15, -0.1) is 0 Å². The zero-order chi connectivity index (χ0) is 16.6. The lowest BCUT2D eigenvalue weighted by Gasteiger charge is -2.09. The van der Waals surface area contributed by atoms with Gasteiger partial charge >= 0.3 is 0 Å². The average molecular weight is 327 g/mol. The smallest absolute Gasteiger partial charge is 0.293 e. The number of likely N-dealkylation sites (N-methyl/N-ethyl adjacent to an activating group) is 1. The van der Waals surface area contributed by atoms with Crippen LogP contribution >= 0.6 is 11.8 Å². The minimum absolute atomic E-state index is 0.0922. The highest BCUT2D eigenvalue weighted by Gasteiger charge is 2.31. The van der Waals surface area contributed by atoms with Gasteiger partial charge in [0.15, 0.2) is 0 Å². The van der Waals surface area contributed by atoms with Crippen molar-refractivity contribution in [1.29, 1.82) is 0 Å². The van der Waals surface area contributed by atoms with E-state index in [9.17, 15) is 19.5 Å². The first-order valence-corrected chi connectivity index (χ1v) is 7.50. The van der Waals surface area contributed by atoms with E-state index in [1.165, 1.54) is 19.2 Å². The number of benzene rings is 1. The summed E-state index contributed by atoms with van der Waals surface area (Å²) >= 11 is 0.890. The molecule has 0 saturated carbocycles. The molecule has 1 aliphatic heterocycles. The van der Waals surface area contributed by atoms with Gasteiger partial charge in [0, 0.05) is 24.6 Å². The number of hydrogen-bond donors (Lipinski definition) is 0. The van der Waals surface area contributed by atoms with Gasteiger partial charge in [-0.1, -0.05) is 12.1 Å². The number of imide groups is 1. The molecule has 1 aromatic carbocycles. The fraction of sp³-hybridized carbons (Fsp3) is 0.0625. The van der Waals surface area contributed by atoms with E-state index in [1.807, 2.05) is 0 Å². The molecule has 23 heavy (non-hydrogen) atoms. The van der Waals surface area contributed by atoms with Gasteiger partial charge in [-0.25, -0.2) is 0 Å². The van der Waals surface area contributed by atoms with Crippen LogP contribution in [0.5, 0.6) is 0 Å². The predicted octanol–water partition coefficient (Wildman–Crippen LogP) is 1.51. The van der Waals surface area contributed by atoms with Crippen molar-refractivity contribution in [2.24, 2.45) is 0 Å². The number of hydrogen-bond acceptors (Lipinski definition) is 5. The van der Waals surface area contributed by atoms with E-state index in [0.717, 1.165) is 22.3 Å². The Morgan fingerprint density at radius 1 is 1.17 bits per heavy atom. The van der Waals surface area contributed by atoms with Crippen molar-refractivity contribution in [1.82, 2.24) is 9.47 Å². The van der Waals surface area contributed by atoms with Crippen LogP contribution in [-0.2, 0) is 4.79 Å². The predicted molar refractivity (Wildman–Crippen MR) is 83.8 cm³/mol. The fourth-order valence-electron chi connectivity index (χ4n) is 2.18. The summed E-state index contributed by atoms with van der Waals surface area (Å²) in [5.74, 6) is -1.57. The number of rotatable bonds is 3. The molecule has 1 saturated heterocycles. The number of carbonyl (C=O) groups excluding carboxylic acids is 3. The Labute approximate surface area is 136 Å². The molecule has 2 heterocycles. The van der Waals surface area contributed by atoms with Crippen molar-refractivity contribution >= 4 is 35.0 Å². The molecule has 0 unspecified atom stereocenters. The van der Waals surface area contributed by atoms with Crippen molar-refractivity contribution in [2.75, 3.05) is 7.05 Å². The monoisotopic (exact) mass is 327 g/mol. The number of amides is 2. The largest absolute Gasteiger partial charge is 0.545 e. The minimum Gasteiger partial charge on any atom is -0.545 e. The maximum absolute atomic E-state index is 11.9. The zero-order valence-electron chi connectivity index (χ0n) is 12.1. The lowest BCUT2D eigenvalue weighted by Crippen LogP contribution is -2.22. The molecule has 3 rings (SSSR count). The first-order valence-electron chi connectivity index (χ1n) is 6.68. The molecular formula is C16H11N2O4S-. The first-order chi connectivity index (χ1) is 11.0. The van der Waals surface area contributed by atoms with Crippen LogP contribution in [0.3, 0.4) is 0 Å². The fourth-order valence-corrected chi connectivity index (χ4v) is 3.00. The van der Waals surface area contributed by atoms with Gasteiger partial charge < -0.3 is 14.5 Å². The molecule has 1 fully saturated rings. The summed E-state index contributed by atoms with van der Waals surface area (Å²) in [6.45, 7) is 0. The molecule has 116 valence electrons. The Morgan fingerprint density at radius 2 is 1.87 bits per heavy atom. The highest BCUT2D eigenvalue weighted by Crippen LogP contribution is 2.31. The van der Waals surface area contributed by atoms with Crippen LogP contribution in [0, 0.1) is 0 Å². The Morgan fingerprint density at radius 3 is 2.43 bits per heavy atom. The summed E-state index contributed by atoms with van der Waals surface area (Å²) in [6.07, 6.45) is 3.43. The van der Waals surface area contributed by atoms with E-state index in [1.54, 1.807) is 41.1 Å². The van der Waals surface area contributed by atoms with Crippen LogP contribution < -0.4 is 5.11 Å². The molecule has 0 atom stereocenters. The van der Waals surface area contributed by atoms with Gasteiger partial charge in [0.2, 0.25) is 0 Å². The molecule has 0 radical (unpaired) electrons. The molecule has 0 bridgehead atoms. The van der Waals surface area contributed by atoms with Gasteiger partial charge in [-0.3, -0.25) is 14.5 Å². The summed E-state index contributed by atoms with van der Waals surface area (Å²) in [7, 11) is 1.44. The summed E-state index contributed by atoms with van der Waals surface area (Å²) in [5, 5.41) is 10.5. The lowest BCUT2D eigenvalue weighted by molar-refractivity contribution is -0.255. The highest BCUT2D eigenvalue weighted by molar-refractivity contribution is 8.18. The Hall–Kier alpha value is -2.80. The van der Waals surface area contributed by atoms with Gasteiger partial charge in [0.25, 0.3) is 11.1 Å². The number of nitrogens with zero attached hydrogens (tertiary/aromatic N) is 2. The molecule has 2 amide bonds. The van der Waals surface area contributed by atoms with Crippen molar-refractivity contribution in [2.45, 2.75) is 0 Å². The third kappa shape index (κ3) is 2.78. The zero-order valence-corrected chi connectivity index (χ0v) is 12.9. The third-order valence-corrected chi connectivity index (χ3v) is 4.39. The van der Waals surface area contributed by atoms with E-state index in [2.05, 4.69) is 0 Å². The quantitative estimate of drug-likeness (QED) is 0.798. The lowest BCUT2D eigenvalue weighted by atomic mass is 10.2. The summed E-state index contributed by atoms with van der Waals surface area (Å²) in [5.41, 5.74) is 1.54.